The summed E-state index contributed by atoms with van der Waals surface area (Å²) in [5, 5.41) is 2.91. The van der Waals surface area contributed by atoms with Crippen molar-refractivity contribution in [2.24, 2.45) is 0 Å². The van der Waals surface area contributed by atoms with Gasteiger partial charge in [-0.2, -0.15) is 26.3 Å². The average Bonchev–Trinajstić information content (AvgIpc) is 2.19. The topological polar surface area (TPSA) is 58.2 Å². The number of rotatable bonds is 4. The van der Waals surface area contributed by atoms with E-state index in [0.29, 0.717) is 0 Å². The van der Waals surface area contributed by atoms with Crippen LogP contribution in [0.2, 0.25) is 0 Å². The summed E-state index contributed by atoms with van der Waals surface area (Å²) < 4.78 is 69.9. The van der Waals surface area contributed by atoms with E-state index in [1.807, 2.05) is 0 Å². The normalized spacial score (nSPS) is 12.6. The molecule has 10 heteroatoms. The molecule has 0 saturated heterocycles. The maximum atomic E-state index is 11.6. The van der Waals surface area contributed by atoms with Gasteiger partial charge in [-0.25, -0.2) is 0 Å². The Morgan fingerprint density at radius 3 is 1.28 bits per heavy atom. The molecule has 104 valence electrons. The van der Waals surface area contributed by atoms with E-state index in [9.17, 15) is 35.9 Å². The van der Waals surface area contributed by atoms with Gasteiger partial charge in [-0.1, -0.05) is 12.2 Å². The highest BCUT2D eigenvalue weighted by Gasteiger charge is 2.38. The van der Waals surface area contributed by atoms with Crippen molar-refractivity contribution in [3.8, 4) is 0 Å². The zero-order valence-corrected chi connectivity index (χ0v) is 8.65. The summed E-state index contributed by atoms with van der Waals surface area (Å²) in [6.07, 6.45) is -8.09. The van der Waals surface area contributed by atoms with Gasteiger partial charge in [0, 0.05) is 13.1 Å². The Balaban J connectivity index is 3.81. The fourth-order valence-corrected chi connectivity index (χ4v) is 0.670. The molecule has 18 heavy (non-hydrogen) atoms. The summed E-state index contributed by atoms with van der Waals surface area (Å²) in [6, 6.07) is 0. The summed E-state index contributed by atoms with van der Waals surface area (Å²) in [6.45, 7) is -1.03. The molecule has 0 aliphatic rings. The van der Waals surface area contributed by atoms with Crippen LogP contribution in [0.3, 0.4) is 0 Å². The maximum Gasteiger partial charge on any atom is 0.471 e. The zero-order valence-electron chi connectivity index (χ0n) is 8.65. The standard InChI is InChI=1S/C8H8F6N2O2/c9-7(10,11)5(17)15-3-1-2-4-16-6(18)8(12,13)14/h1-2H,3-4H2,(H,15,17)(H,16,18). The molecule has 0 aliphatic heterocycles. The van der Waals surface area contributed by atoms with Crippen molar-refractivity contribution in [2.45, 2.75) is 12.4 Å². The van der Waals surface area contributed by atoms with Crippen LogP contribution in [0.15, 0.2) is 12.2 Å². The largest absolute Gasteiger partial charge is 0.471 e. The molecule has 0 aromatic heterocycles. The Bertz CT molecular complexity index is 301. The molecule has 0 aliphatic carbocycles. The van der Waals surface area contributed by atoms with Crippen LogP contribution in [0.4, 0.5) is 26.3 Å². The number of carbonyl (C=O) groups excluding carboxylic acids is 2. The Hall–Kier alpha value is -1.74. The number of hydrogen-bond donors (Lipinski definition) is 2. The molecule has 2 N–H and O–H groups in total. The molecule has 0 heterocycles. The molecular weight excluding hydrogens is 270 g/mol. The smallest absolute Gasteiger partial charge is 0.345 e. The molecule has 0 atom stereocenters. The van der Waals surface area contributed by atoms with E-state index in [-0.39, 0.29) is 0 Å². The van der Waals surface area contributed by atoms with Crippen LogP contribution in [0.25, 0.3) is 0 Å². The van der Waals surface area contributed by atoms with Gasteiger partial charge in [0.05, 0.1) is 0 Å². The number of alkyl halides is 6. The maximum absolute atomic E-state index is 11.6. The van der Waals surface area contributed by atoms with Crippen LogP contribution < -0.4 is 10.6 Å². The lowest BCUT2D eigenvalue weighted by Crippen LogP contribution is -2.37. The Kier molecular flexibility index (Phi) is 5.66. The summed E-state index contributed by atoms with van der Waals surface area (Å²) in [5.74, 6) is -4.32. The van der Waals surface area contributed by atoms with E-state index in [2.05, 4.69) is 0 Å². The number of hydrogen-bond acceptors (Lipinski definition) is 2. The van der Waals surface area contributed by atoms with Crippen LogP contribution in [0.1, 0.15) is 0 Å². The van der Waals surface area contributed by atoms with E-state index in [4.69, 9.17) is 0 Å². The highest BCUT2D eigenvalue weighted by atomic mass is 19.4. The van der Waals surface area contributed by atoms with Gasteiger partial charge in [-0.05, 0) is 0 Å². The Morgan fingerprint density at radius 2 is 1.06 bits per heavy atom. The molecule has 0 fully saturated rings. The van der Waals surface area contributed by atoms with Gasteiger partial charge in [-0.15, -0.1) is 0 Å². The van der Waals surface area contributed by atoms with E-state index < -0.39 is 37.3 Å². The molecule has 0 aromatic rings. The van der Waals surface area contributed by atoms with Gasteiger partial charge in [0.15, 0.2) is 0 Å². The second kappa shape index (κ2) is 6.26. The third kappa shape index (κ3) is 6.76. The minimum absolute atomic E-state index is 0.514. The molecule has 0 spiro atoms. The first-order valence-corrected chi connectivity index (χ1v) is 4.40. The highest BCUT2D eigenvalue weighted by molar-refractivity contribution is 5.82. The Labute approximate surface area is 97.0 Å². The number of carbonyl (C=O) groups is 2. The van der Waals surface area contributed by atoms with Crippen molar-refractivity contribution >= 4 is 11.8 Å². The van der Waals surface area contributed by atoms with Gasteiger partial charge in [0.25, 0.3) is 0 Å². The summed E-state index contributed by atoms with van der Waals surface area (Å²) in [5.41, 5.74) is 0. The average molecular weight is 278 g/mol. The van der Waals surface area contributed by atoms with Crippen molar-refractivity contribution in [2.75, 3.05) is 13.1 Å². The minimum atomic E-state index is -5.02. The quantitative estimate of drug-likeness (QED) is 0.593. The third-order valence-electron chi connectivity index (χ3n) is 1.44. The first-order valence-electron chi connectivity index (χ1n) is 4.40. The van der Waals surface area contributed by atoms with Gasteiger partial charge in [-0.3, -0.25) is 9.59 Å². The molecule has 2 amide bonds. The highest BCUT2D eigenvalue weighted by Crippen LogP contribution is 2.14. The van der Waals surface area contributed by atoms with Gasteiger partial charge >= 0.3 is 24.2 Å². The first kappa shape index (κ1) is 16.3. The number of amides is 2. The number of nitrogens with one attached hydrogen (secondary N) is 2. The minimum Gasteiger partial charge on any atom is -0.345 e. The van der Waals surface area contributed by atoms with Gasteiger partial charge in [0.1, 0.15) is 0 Å². The van der Waals surface area contributed by atoms with E-state index in [1.165, 1.54) is 10.6 Å². The van der Waals surface area contributed by atoms with Crippen LogP contribution in [-0.4, -0.2) is 37.3 Å². The third-order valence-corrected chi connectivity index (χ3v) is 1.44. The Morgan fingerprint density at radius 1 is 0.778 bits per heavy atom. The SMILES string of the molecule is O=C(NCC=CCNC(=O)C(F)(F)F)C(F)(F)F. The van der Waals surface area contributed by atoms with Crippen molar-refractivity contribution in [1.29, 1.82) is 0 Å². The fourth-order valence-electron chi connectivity index (χ4n) is 0.670. The molecule has 0 aromatic carbocycles. The molecule has 0 radical (unpaired) electrons. The van der Waals surface area contributed by atoms with Crippen molar-refractivity contribution in [3.05, 3.63) is 12.2 Å². The zero-order chi connectivity index (χ0) is 14.4. The van der Waals surface area contributed by atoms with Crippen LogP contribution in [-0.2, 0) is 9.59 Å². The molecule has 4 nitrogen and oxygen atoms in total. The van der Waals surface area contributed by atoms with Gasteiger partial charge in [0.2, 0.25) is 0 Å². The second-order valence-corrected chi connectivity index (χ2v) is 2.89. The van der Waals surface area contributed by atoms with Crippen LogP contribution in [0, 0.1) is 0 Å². The van der Waals surface area contributed by atoms with Crippen LogP contribution in [0.5, 0.6) is 0 Å². The lowest BCUT2D eigenvalue weighted by Gasteiger charge is -2.06. The second-order valence-electron chi connectivity index (χ2n) is 2.89. The van der Waals surface area contributed by atoms with E-state index in [1.54, 1.807) is 0 Å². The predicted molar refractivity (Wildman–Crippen MR) is 47.3 cm³/mol. The van der Waals surface area contributed by atoms with Crippen molar-refractivity contribution < 1.29 is 35.9 Å². The lowest BCUT2D eigenvalue weighted by atomic mass is 10.4. The summed E-state index contributed by atoms with van der Waals surface area (Å²) in [7, 11) is 0. The van der Waals surface area contributed by atoms with Crippen molar-refractivity contribution in [3.63, 3.8) is 0 Å². The monoisotopic (exact) mass is 278 g/mol. The van der Waals surface area contributed by atoms with E-state index >= 15 is 0 Å². The molecule has 0 bridgehead atoms. The summed E-state index contributed by atoms with van der Waals surface area (Å²) in [4.78, 5) is 20.5. The van der Waals surface area contributed by atoms with Crippen LogP contribution >= 0.6 is 0 Å². The van der Waals surface area contributed by atoms with E-state index in [0.717, 1.165) is 12.2 Å². The van der Waals surface area contributed by atoms with Gasteiger partial charge < -0.3 is 10.6 Å². The molecule has 0 saturated carbocycles. The molecule has 0 unspecified atom stereocenters. The fraction of sp³-hybridized carbons (Fsp3) is 0.500. The molecular formula is C8H8F6N2O2. The number of halogens is 6. The molecule has 0 rings (SSSR count). The lowest BCUT2D eigenvalue weighted by molar-refractivity contribution is -0.173. The first-order chi connectivity index (χ1) is 8.05. The van der Waals surface area contributed by atoms with Crippen molar-refractivity contribution in [1.82, 2.24) is 10.6 Å². The predicted octanol–water partition coefficient (Wildman–Crippen LogP) is 0.900. The summed E-state index contributed by atoms with van der Waals surface area (Å²) >= 11 is 0.